The molecule has 2 rings (SSSR count). The van der Waals surface area contributed by atoms with Crippen molar-refractivity contribution in [2.24, 2.45) is 11.8 Å². The molecule has 1 aliphatic rings. The van der Waals surface area contributed by atoms with Crippen molar-refractivity contribution in [1.82, 2.24) is 10.3 Å². The van der Waals surface area contributed by atoms with Crippen LogP contribution in [-0.4, -0.2) is 17.4 Å². The third-order valence-corrected chi connectivity index (χ3v) is 3.67. The van der Waals surface area contributed by atoms with E-state index in [1.807, 2.05) is 6.92 Å². The van der Waals surface area contributed by atoms with Gasteiger partial charge in [-0.25, -0.2) is 0 Å². The zero-order valence-corrected chi connectivity index (χ0v) is 11.1. The summed E-state index contributed by atoms with van der Waals surface area (Å²) in [4.78, 5) is 16.1. The van der Waals surface area contributed by atoms with Gasteiger partial charge in [-0.3, -0.25) is 9.78 Å². The number of nitrogens with zero attached hydrogens (tertiary/aromatic N) is 1. The average molecular weight is 247 g/mol. The van der Waals surface area contributed by atoms with E-state index in [-0.39, 0.29) is 5.91 Å². The molecule has 0 spiro atoms. The fourth-order valence-corrected chi connectivity index (χ4v) is 2.61. The van der Waals surface area contributed by atoms with Gasteiger partial charge in [0.2, 0.25) is 0 Å². The van der Waals surface area contributed by atoms with Crippen LogP contribution in [0.15, 0.2) is 12.3 Å². The molecule has 1 heterocycles. The Labute approximate surface area is 108 Å². The summed E-state index contributed by atoms with van der Waals surface area (Å²) in [6.45, 7) is 4.87. The summed E-state index contributed by atoms with van der Waals surface area (Å²) in [6.07, 6.45) is 5.25. The molecule has 4 heteroatoms. The average Bonchev–Trinajstić information content (AvgIpc) is 2.72. The molecule has 2 unspecified atom stereocenters. The Morgan fingerprint density at radius 2 is 2.33 bits per heavy atom. The summed E-state index contributed by atoms with van der Waals surface area (Å²) >= 11 is 0. The molecule has 1 amide bonds. The van der Waals surface area contributed by atoms with Crippen molar-refractivity contribution < 1.29 is 4.79 Å². The molecular formula is C14H21N3O. The zero-order chi connectivity index (χ0) is 13.1. The van der Waals surface area contributed by atoms with Crippen LogP contribution in [0.1, 0.15) is 42.2 Å². The number of hydrogen-bond acceptors (Lipinski definition) is 3. The number of aromatic nitrogens is 1. The van der Waals surface area contributed by atoms with E-state index in [1.54, 1.807) is 12.3 Å². The SMILES string of the molecule is Cc1cc(N)c(C(=O)NCC2CCC(C)C2)cn1. The second-order valence-electron chi connectivity index (χ2n) is 5.41. The van der Waals surface area contributed by atoms with Crippen molar-refractivity contribution in [2.75, 3.05) is 12.3 Å². The Kier molecular flexibility index (Phi) is 3.84. The van der Waals surface area contributed by atoms with Crippen molar-refractivity contribution >= 4 is 11.6 Å². The van der Waals surface area contributed by atoms with Crippen molar-refractivity contribution in [2.45, 2.75) is 33.1 Å². The lowest BCUT2D eigenvalue weighted by Crippen LogP contribution is -2.29. The minimum absolute atomic E-state index is 0.112. The minimum Gasteiger partial charge on any atom is -0.398 e. The van der Waals surface area contributed by atoms with Crippen LogP contribution in [0.25, 0.3) is 0 Å². The molecule has 4 nitrogen and oxygen atoms in total. The van der Waals surface area contributed by atoms with Gasteiger partial charge in [0.05, 0.1) is 5.56 Å². The van der Waals surface area contributed by atoms with E-state index in [4.69, 9.17) is 5.73 Å². The van der Waals surface area contributed by atoms with Crippen molar-refractivity contribution in [3.8, 4) is 0 Å². The lowest BCUT2D eigenvalue weighted by Gasteiger charge is -2.12. The lowest BCUT2D eigenvalue weighted by molar-refractivity contribution is 0.0947. The molecule has 3 N–H and O–H groups in total. The van der Waals surface area contributed by atoms with E-state index in [1.165, 1.54) is 19.3 Å². The van der Waals surface area contributed by atoms with E-state index in [2.05, 4.69) is 17.2 Å². The van der Waals surface area contributed by atoms with Gasteiger partial charge in [0.15, 0.2) is 0 Å². The number of hydrogen-bond donors (Lipinski definition) is 2. The van der Waals surface area contributed by atoms with Crippen LogP contribution in [0.4, 0.5) is 5.69 Å². The van der Waals surface area contributed by atoms with Gasteiger partial charge in [-0.15, -0.1) is 0 Å². The molecule has 0 aromatic carbocycles. The number of aryl methyl sites for hydroxylation is 1. The molecular weight excluding hydrogens is 226 g/mol. The molecule has 1 fully saturated rings. The van der Waals surface area contributed by atoms with Crippen LogP contribution in [0.3, 0.4) is 0 Å². The monoisotopic (exact) mass is 247 g/mol. The normalized spacial score (nSPS) is 23.0. The number of anilines is 1. The molecule has 0 saturated heterocycles. The molecule has 2 atom stereocenters. The molecule has 18 heavy (non-hydrogen) atoms. The molecule has 1 aromatic heterocycles. The van der Waals surface area contributed by atoms with E-state index < -0.39 is 0 Å². The lowest BCUT2D eigenvalue weighted by atomic mass is 10.1. The molecule has 0 aliphatic heterocycles. The molecule has 1 aliphatic carbocycles. The van der Waals surface area contributed by atoms with Crippen LogP contribution >= 0.6 is 0 Å². The maximum atomic E-state index is 12.0. The second kappa shape index (κ2) is 5.38. The summed E-state index contributed by atoms with van der Waals surface area (Å²) in [5, 5.41) is 2.96. The smallest absolute Gasteiger partial charge is 0.254 e. The van der Waals surface area contributed by atoms with E-state index in [0.717, 1.165) is 18.2 Å². The Morgan fingerprint density at radius 3 is 2.94 bits per heavy atom. The molecule has 0 bridgehead atoms. The number of nitrogens with two attached hydrogens (primary N) is 1. The minimum atomic E-state index is -0.112. The quantitative estimate of drug-likeness (QED) is 0.859. The van der Waals surface area contributed by atoms with Gasteiger partial charge in [-0.2, -0.15) is 0 Å². The van der Waals surface area contributed by atoms with Crippen molar-refractivity contribution in [1.29, 1.82) is 0 Å². The third-order valence-electron chi connectivity index (χ3n) is 3.67. The van der Waals surface area contributed by atoms with Gasteiger partial charge in [0, 0.05) is 24.1 Å². The van der Waals surface area contributed by atoms with Crippen LogP contribution in [0.5, 0.6) is 0 Å². The van der Waals surface area contributed by atoms with Gasteiger partial charge < -0.3 is 11.1 Å². The first-order valence-corrected chi connectivity index (χ1v) is 6.56. The predicted octanol–water partition coefficient (Wildman–Crippen LogP) is 2.14. The maximum absolute atomic E-state index is 12.0. The van der Waals surface area contributed by atoms with Crippen LogP contribution < -0.4 is 11.1 Å². The summed E-state index contributed by atoms with van der Waals surface area (Å²) in [7, 11) is 0. The largest absolute Gasteiger partial charge is 0.398 e. The first-order chi connectivity index (χ1) is 8.56. The predicted molar refractivity (Wildman–Crippen MR) is 72.2 cm³/mol. The van der Waals surface area contributed by atoms with E-state index in [0.29, 0.717) is 17.2 Å². The number of nitrogen functional groups attached to an aromatic ring is 1. The highest BCUT2D eigenvalue weighted by Crippen LogP contribution is 2.29. The van der Waals surface area contributed by atoms with Crippen LogP contribution in [0, 0.1) is 18.8 Å². The summed E-state index contributed by atoms with van der Waals surface area (Å²) in [6, 6.07) is 1.73. The van der Waals surface area contributed by atoms with Crippen molar-refractivity contribution in [3.63, 3.8) is 0 Å². The standard InChI is InChI=1S/C14H21N3O/c1-9-3-4-11(5-9)7-17-14(18)12-8-16-10(2)6-13(12)15/h6,8-9,11H,3-5,7H2,1-2H3,(H2,15,16)(H,17,18). The molecule has 1 aromatic rings. The fraction of sp³-hybridized carbons (Fsp3) is 0.571. The number of nitrogens with one attached hydrogen (secondary N) is 1. The summed E-state index contributed by atoms with van der Waals surface area (Å²) < 4.78 is 0. The summed E-state index contributed by atoms with van der Waals surface area (Å²) in [5.74, 6) is 1.29. The number of pyridine rings is 1. The number of carbonyl (C=O) groups is 1. The van der Waals surface area contributed by atoms with Gasteiger partial charge in [-0.05, 0) is 37.7 Å². The highest BCUT2D eigenvalue weighted by molar-refractivity contribution is 5.98. The third kappa shape index (κ3) is 3.00. The molecule has 1 saturated carbocycles. The Hall–Kier alpha value is -1.58. The zero-order valence-electron chi connectivity index (χ0n) is 11.1. The highest BCUT2D eigenvalue weighted by Gasteiger charge is 2.22. The first-order valence-electron chi connectivity index (χ1n) is 6.56. The Bertz CT molecular complexity index is 445. The van der Waals surface area contributed by atoms with Gasteiger partial charge >= 0.3 is 0 Å². The molecule has 0 radical (unpaired) electrons. The fourth-order valence-electron chi connectivity index (χ4n) is 2.61. The van der Waals surface area contributed by atoms with Crippen LogP contribution in [0.2, 0.25) is 0 Å². The number of amides is 1. The van der Waals surface area contributed by atoms with E-state index >= 15 is 0 Å². The van der Waals surface area contributed by atoms with E-state index in [9.17, 15) is 4.79 Å². The van der Waals surface area contributed by atoms with Gasteiger partial charge in [0.25, 0.3) is 5.91 Å². The van der Waals surface area contributed by atoms with Crippen molar-refractivity contribution in [3.05, 3.63) is 23.5 Å². The van der Waals surface area contributed by atoms with Gasteiger partial charge in [0.1, 0.15) is 0 Å². The number of rotatable bonds is 3. The highest BCUT2D eigenvalue weighted by atomic mass is 16.1. The topological polar surface area (TPSA) is 68.0 Å². The number of carbonyl (C=O) groups excluding carboxylic acids is 1. The maximum Gasteiger partial charge on any atom is 0.254 e. The Balaban J connectivity index is 1.91. The van der Waals surface area contributed by atoms with Gasteiger partial charge in [-0.1, -0.05) is 13.3 Å². The summed E-state index contributed by atoms with van der Waals surface area (Å²) in [5.41, 5.74) is 7.63. The van der Waals surface area contributed by atoms with Crippen LogP contribution in [-0.2, 0) is 0 Å². The first kappa shape index (κ1) is 12.9. The Morgan fingerprint density at radius 1 is 1.56 bits per heavy atom. The molecule has 98 valence electrons. The second-order valence-corrected chi connectivity index (χ2v) is 5.41.